The Balaban J connectivity index is 3.20. The van der Waals surface area contributed by atoms with Crippen molar-refractivity contribution in [1.29, 1.82) is 0 Å². The maximum Gasteiger partial charge on any atom is 0.419 e. The zero-order valence-corrected chi connectivity index (χ0v) is 10.7. The summed E-state index contributed by atoms with van der Waals surface area (Å²) in [6, 6.07) is 3.81. The summed E-state index contributed by atoms with van der Waals surface area (Å²) in [7, 11) is 2.50. The van der Waals surface area contributed by atoms with Gasteiger partial charge in [-0.05, 0) is 18.2 Å². The highest BCUT2D eigenvalue weighted by molar-refractivity contribution is 5.68. The van der Waals surface area contributed by atoms with Gasteiger partial charge in [0.05, 0.1) is 14.2 Å². The lowest BCUT2D eigenvalue weighted by Gasteiger charge is -2.22. The van der Waals surface area contributed by atoms with Crippen molar-refractivity contribution in [2.45, 2.75) is 12.3 Å². The molecule has 0 bridgehead atoms. The summed E-state index contributed by atoms with van der Waals surface area (Å²) in [4.78, 5) is 10.4. The van der Waals surface area contributed by atoms with Crippen molar-refractivity contribution >= 4 is 5.97 Å². The van der Waals surface area contributed by atoms with Crippen molar-refractivity contribution in [2.75, 3.05) is 20.8 Å². The normalized spacial score (nSPS) is 12.8. The third-order valence-electron chi connectivity index (χ3n) is 2.39. The number of ether oxygens (including phenoxy) is 3. The quantitative estimate of drug-likeness (QED) is 0.872. The fourth-order valence-electron chi connectivity index (χ4n) is 1.56. The Morgan fingerprint density at radius 2 is 1.95 bits per heavy atom. The van der Waals surface area contributed by atoms with Gasteiger partial charge in [-0.1, -0.05) is 0 Å². The third-order valence-corrected chi connectivity index (χ3v) is 2.39. The molecule has 0 aromatic heterocycles. The van der Waals surface area contributed by atoms with Crippen molar-refractivity contribution in [3.63, 3.8) is 0 Å². The minimum Gasteiger partial charge on any atom is -0.497 e. The molecule has 1 aromatic rings. The van der Waals surface area contributed by atoms with Crippen molar-refractivity contribution in [3.8, 4) is 11.5 Å². The van der Waals surface area contributed by atoms with Crippen LogP contribution >= 0.6 is 0 Å². The zero-order valence-electron chi connectivity index (χ0n) is 10.7. The maximum absolute atomic E-state index is 13.0. The lowest BCUT2D eigenvalue weighted by Crippen LogP contribution is -2.26. The van der Waals surface area contributed by atoms with E-state index in [0.717, 1.165) is 6.07 Å². The number of carboxylic acid groups (broad SMARTS) is 1. The number of rotatable bonds is 6. The van der Waals surface area contributed by atoms with Crippen LogP contribution in [0.2, 0.25) is 0 Å². The van der Waals surface area contributed by atoms with E-state index in [9.17, 15) is 18.0 Å². The molecule has 112 valence electrons. The van der Waals surface area contributed by atoms with Crippen LogP contribution < -0.4 is 9.47 Å². The molecule has 1 unspecified atom stereocenters. The van der Waals surface area contributed by atoms with Gasteiger partial charge < -0.3 is 19.3 Å². The molecule has 0 fully saturated rings. The van der Waals surface area contributed by atoms with Crippen molar-refractivity contribution in [2.24, 2.45) is 0 Å². The number of aliphatic carboxylic acids is 1. The molecule has 5 nitrogen and oxygen atoms in total. The van der Waals surface area contributed by atoms with Crippen LogP contribution in [0.1, 0.15) is 11.7 Å². The number of halogens is 3. The molecule has 1 N–H and O–H groups in total. The molecule has 0 spiro atoms. The molecule has 0 heterocycles. The minimum absolute atomic E-state index is 0.0708. The first-order valence-corrected chi connectivity index (χ1v) is 5.41. The molecule has 0 saturated heterocycles. The number of benzene rings is 1. The summed E-state index contributed by atoms with van der Waals surface area (Å²) < 4.78 is 53.1. The summed E-state index contributed by atoms with van der Waals surface area (Å²) in [5.74, 6) is -1.39. The van der Waals surface area contributed by atoms with Crippen molar-refractivity contribution in [3.05, 3.63) is 23.8 Å². The molecule has 1 aromatic carbocycles. The summed E-state index contributed by atoms with van der Waals surface area (Å²) in [5.41, 5.74) is -0.347. The number of alkyl halides is 3. The first kappa shape index (κ1) is 16.1. The molecule has 0 saturated carbocycles. The van der Waals surface area contributed by atoms with Gasteiger partial charge in [0.1, 0.15) is 18.1 Å². The highest BCUT2D eigenvalue weighted by Crippen LogP contribution is 2.41. The van der Waals surface area contributed by atoms with Gasteiger partial charge in [0.2, 0.25) is 0 Å². The topological polar surface area (TPSA) is 65.0 Å². The molecule has 1 rings (SSSR count). The van der Waals surface area contributed by atoms with E-state index in [-0.39, 0.29) is 17.1 Å². The number of hydrogen-bond acceptors (Lipinski definition) is 4. The SMILES string of the molecule is COc1ccc(OC)c(C(OCC(=O)O)C(F)(F)F)c1. The van der Waals surface area contributed by atoms with Gasteiger partial charge in [-0.25, -0.2) is 4.79 Å². The molecule has 0 aliphatic rings. The van der Waals surface area contributed by atoms with E-state index in [1.165, 1.54) is 26.4 Å². The molecule has 0 amide bonds. The summed E-state index contributed by atoms with van der Waals surface area (Å²) in [6.45, 7) is -1.08. The standard InChI is InChI=1S/C12H13F3O5/c1-18-7-3-4-9(19-2)8(5-7)11(12(13,14)15)20-6-10(16)17/h3-5,11H,6H2,1-2H3,(H,16,17). The molecule has 0 radical (unpaired) electrons. The summed E-state index contributed by atoms with van der Waals surface area (Å²) in [6.07, 6.45) is -7.20. The maximum atomic E-state index is 13.0. The van der Waals surface area contributed by atoms with Gasteiger partial charge in [0.15, 0.2) is 6.10 Å². The molecular formula is C12H13F3O5. The fourth-order valence-corrected chi connectivity index (χ4v) is 1.56. The second-order valence-electron chi connectivity index (χ2n) is 3.73. The van der Waals surface area contributed by atoms with Crippen LogP contribution in [-0.4, -0.2) is 38.1 Å². The number of methoxy groups -OCH3 is 2. The Hall–Kier alpha value is -1.96. The predicted molar refractivity (Wildman–Crippen MR) is 61.9 cm³/mol. The van der Waals surface area contributed by atoms with Crippen LogP contribution in [-0.2, 0) is 9.53 Å². The van der Waals surface area contributed by atoms with Gasteiger partial charge in [-0.3, -0.25) is 0 Å². The molecule has 20 heavy (non-hydrogen) atoms. The molecular weight excluding hydrogens is 281 g/mol. The second-order valence-corrected chi connectivity index (χ2v) is 3.73. The summed E-state index contributed by atoms with van der Waals surface area (Å²) >= 11 is 0. The lowest BCUT2D eigenvalue weighted by molar-refractivity contribution is -0.225. The molecule has 1 atom stereocenters. The highest BCUT2D eigenvalue weighted by atomic mass is 19.4. The number of carboxylic acids is 1. The van der Waals surface area contributed by atoms with E-state index in [1.807, 2.05) is 0 Å². The first-order valence-electron chi connectivity index (χ1n) is 5.41. The van der Waals surface area contributed by atoms with Crippen LogP contribution in [0.5, 0.6) is 11.5 Å². The zero-order chi connectivity index (χ0) is 15.3. The fraction of sp³-hybridized carbons (Fsp3) is 0.417. The van der Waals surface area contributed by atoms with Crippen molar-refractivity contribution in [1.82, 2.24) is 0 Å². The largest absolute Gasteiger partial charge is 0.497 e. The monoisotopic (exact) mass is 294 g/mol. The van der Waals surface area contributed by atoms with Gasteiger partial charge in [-0.2, -0.15) is 13.2 Å². The minimum atomic E-state index is -4.78. The van der Waals surface area contributed by atoms with Gasteiger partial charge >= 0.3 is 12.1 Å². The average molecular weight is 294 g/mol. The Morgan fingerprint density at radius 3 is 2.40 bits per heavy atom. The number of hydrogen-bond donors (Lipinski definition) is 1. The van der Waals surface area contributed by atoms with Crippen LogP contribution in [0.15, 0.2) is 18.2 Å². The van der Waals surface area contributed by atoms with Crippen LogP contribution in [0, 0.1) is 0 Å². The van der Waals surface area contributed by atoms with Crippen LogP contribution in [0.4, 0.5) is 13.2 Å². The lowest BCUT2D eigenvalue weighted by atomic mass is 10.1. The predicted octanol–water partition coefficient (Wildman–Crippen LogP) is 2.41. The molecule has 8 heteroatoms. The Morgan fingerprint density at radius 1 is 1.30 bits per heavy atom. The smallest absolute Gasteiger partial charge is 0.419 e. The van der Waals surface area contributed by atoms with E-state index in [0.29, 0.717) is 0 Å². The van der Waals surface area contributed by atoms with Crippen LogP contribution in [0.3, 0.4) is 0 Å². The average Bonchev–Trinajstić information content (AvgIpc) is 2.36. The van der Waals surface area contributed by atoms with E-state index < -0.39 is 24.9 Å². The Labute approximate surface area is 112 Å². The van der Waals surface area contributed by atoms with Gasteiger partial charge in [-0.15, -0.1) is 0 Å². The van der Waals surface area contributed by atoms with E-state index in [4.69, 9.17) is 14.6 Å². The molecule has 0 aliphatic heterocycles. The Kier molecular flexibility index (Phi) is 5.20. The third kappa shape index (κ3) is 4.02. The molecule has 0 aliphatic carbocycles. The van der Waals surface area contributed by atoms with E-state index in [1.54, 1.807) is 0 Å². The second kappa shape index (κ2) is 6.47. The van der Waals surface area contributed by atoms with Crippen LogP contribution in [0.25, 0.3) is 0 Å². The van der Waals surface area contributed by atoms with E-state index in [2.05, 4.69) is 4.74 Å². The highest BCUT2D eigenvalue weighted by Gasteiger charge is 2.44. The van der Waals surface area contributed by atoms with Gasteiger partial charge in [0.25, 0.3) is 0 Å². The van der Waals surface area contributed by atoms with Crippen molar-refractivity contribution < 1.29 is 37.3 Å². The first-order chi connectivity index (χ1) is 9.29. The van der Waals surface area contributed by atoms with E-state index >= 15 is 0 Å². The Bertz CT molecular complexity index is 473. The number of carbonyl (C=O) groups is 1. The van der Waals surface area contributed by atoms with Gasteiger partial charge in [0, 0.05) is 5.56 Å². The summed E-state index contributed by atoms with van der Waals surface area (Å²) in [5, 5.41) is 8.45.